The number of benzene rings is 1. The predicted molar refractivity (Wildman–Crippen MR) is 109 cm³/mol. The molecule has 1 N–H and O–H groups in total. The average molecular weight is 384 g/mol. The number of hydrogen-bond acceptors (Lipinski definition) is 5. The van der Waals surface area contributed by atoms with Crippen LogP contribution in [-0.4, -0.2) is 21.6 Å². The predicted octanol–water partition coefficient (Wildman–Crippen LogP) is 4.92. The standard InChI is InChI=1S/C20H21N3OS2/c1-12-7-8-15(13(2)9-12)23-17(24)10-25-19-18-14-5-3-4-6-16(14)26-20(18)22-11-21-19/h7-9,11H,3-6,10H2,1-2H3,(H,23,24). The smallest absolute Gasteiger partial charge is 0.234 e. The van der Waals surface area contributed by atoms with Gasteiger partial charge in [0.05, 0.1) is 5.75 Å². The third kappa shape index (κ3) is 3.48. The molecule has 4 rings (SSSR count). The highest BCUT2D eigenvalue weighted by atomic mass is 32.2. The minimum atomic E-state index is -0.00203. The van der Waals surface area contributed by atoms with Crippen LogP contribution in [0.15, 0.2) is 29.6 Å². The van der Waals surface area contributed by atoms with E-state index in [0.29, 0.717) is 5.75 Å². The molecule has 0 fully saturated rings. The fourth-order valence-corrected chi connectivity index (χ4v) is 5.56. The summed E-state index contributed by atoms with van der Waals surface area (Å²) in [6.45, 7) is 4.07. The SMILES string of the molecule is Cc1ccc(NC(=O)CSc2ncnc3sc4c(c23)CCCC4)c(C)c1. The summed E-state index contributed by atoms with van der Waals surface area (Å²) >= 11 is 3.30. The summed E-state index contributed by atoms with van der Waals surface area (Å²) in [5, 5.41) is 5.12. The molecule has 1 aliphatic rings. The molecule has 3 aromatic rings. The van der Waals surface area contributed by atoms with Crippen LogP contribution in [0.5, 0.6) is 0 Å². The summed E-state index contributed by atoms with van der Waals surface area (Å²) in [6.07, 6.45) is 6.35. The molecule has 0 bridgehead atoms. The third-order valence-electron chi connectivity index (χ3n) is 4.71. The van der Waals surface area contributed by atoms with Crippen molar-refractivity contribution in [2.45, 2.75) is 44.6 Å². The molecule has 0 spiro atoms. The van der Waals surface area contributed by atoms with Gasteiger partial charge < -0.3 is 5.32 Å². The summed E-state index contributed by atoms with van der Waals surface area (Å²) in [6, 6.07) is 6.06. The number of anilines is 1. The van der Waals surface area contributed by atoms with Crippen molar-refractivity contribution in [3.05, 3.63) is 46.1 Å². The molecule has 0 radical (unpaired) electrons. The van der Waals surface area contributed by atoms with Crippen LogP contribution in [0, 0.1) is 13.8 Å². The van der Waals surface area contributed by atoms with Gasteiger partial charge in [0.25, 0.3) is 0 Å². The zero-order chi connectivity index (χ0) is 18.1. The number of thioether (sulfide) groups is 1. The fourth-order valence-electron chi connectivity index (χ4n) is 3.44. The molecule has 2 aromatic heterocycles. The van der Waals surface area contributed by atoms with Crippen molar-refractivity contribution in [2.75, 3.05) is 11.1 Å². The molecule has 4 nitrogen and oxygen atoms in total. The Kier molecular flexibility index (Phi) is 4.96. The Hall–Kier alpha value is -1.92. The highest BCUT2D eigenvalue weighted by molar-refractivity contribution is 8.00. The van der Waals surface area contributed by atoms with Gasteiger partial charge in [-0.1, -0.05) is 29.5 Å². The minimum Gasteiger partial charge on any atom is -0.325 e. The summed E-state index contributed by atoms with van der Waals surface area (Å²) in [4.78, 5) is 23.9. The molecule has 0 atom stereocenters. The van der Waals surface area contributed by atoms with Crippen molar-refractivity contribution in [2.24, 2.45) is 0 Å². The summed E-state index contributed by atoms with van der Waals surface area (Å²) in [5.74, 6) is 0.349. The molecule has 0 aliphatic heterocycles. The Morgan fingerprint density at radius 3 is 2.92 bits per heavy atom. The number of carbonyl (C=O) groups excluding carboxylic acids is 1. The van der Waals surface area contributed by atoms with Crippen molar-refractivity contribution in [3.63, 3.8) is 0 Å². The highest BCUT2D eigenvalue weighted by Crippen LogP contribution is 2.39. The van der Waals surface area contributed by atoms with E-state index in [4.69, 9.17) is 0 Å². The van der Waals surface area contributed by atoms with Crippen LogP contribution in [0.25, 0.3) is 10.2 Å². The van der Waals surface area contributed by atoms with Crippen molar-refractivity contribution in [1.82, 2.24) is 9.97 Å². The lowest BCUT2D eigenvalue weighted by atomic mass is 9.97. The number of carbonyl (C=O) groups is 1. The Labute approximate surface area is 161 Å². The fraction of sp³-hybridized carbons (Fsp3) is 0.350. The second-order valence-electron chi connectivity index (χ2n) is 6.73. The highest BCUT2D eigenvalue weighted by Gasteiger charge is 2.20. The number of aryl methyl sites for hydroxylation is 4. The van der Waals surface area contributed by atoms with Crippen LogP contribution in [0.1, 0.15) is 34.4 Å². The summed E-state index contributed by atoms with van der Waals surface area (Å²) in [7, 11) is 0. The molecule has 1 amide bonds. The zero-order valence-corrected chi connectivity index (χ0v) is 16.6. The topological polar surface area (TPSA) is 54.9 Å². The van der Waals surface area contributed by atoms with E-state index in [1.54, 1.807) is 17.7 Å². The monoisotopic (exact) mass is 383 g/mol. The van der Waals surface area contributed by atoms with Crippen molar-refractivity contribution in [1.29, 1.82) is 0 Å². The van der Waals surface area contributed by atoms with Gasteiger partial charge >= 0.3 is 0 Å². The zero-order valence-electron chi connectivity index (χ0n) is 15.0. The third-order valence-corrected chi connectivity index (χ3v) is 6.90. The first-order valence-corrected chi connectivity index (χ1v) is 10.7. The first-order chi connectivity index (χ1) is 12.6. The maximum atomic E-state index is 12.4. The maximum absolute atomic E-state index is 12.4. The van der Waals surface area contributed by atoms with Crippen LogP contribution in [-0.2, 0) is 17.6 Å². The number of nitrogens with one attached hydrogen (secondary N) is 1. The number of hydrogen-bond donors (Lipinski definition) is 1. The van der Waals surface area contributed by atoms with Gasteiger partial charge in [-0.2, -0.15) is 0 Å². The number of rotatable bonds is 4. The Balaban J connectivity index is 1.51. The van der Waals surface area contributed by atoms with Gasteiger partial charge in [0.2, 0.25) is 5.91 Å². The molecular weight excluding hydrogens is 362 g/mol. The van der Waals surface area contributed by atoms with E-state index < -0.39 is 0 Å². The van der Waals surface area contributed by atoms with E-state index in [9.17, 15) is 4.79 Å². The van der Waals surface area contributed by atoms with Gasteiger partial charge in [-0.25, -0.2) is 9.97 Å². The van der Waals surface area contributed by atoms with Crippen molar-refractivity contribution < 1.29 is 4.79 Å². The van der Waals surface area contributed by atoms with E-state index in [2.05, 4.69) is 28.3 Å². The van der Waals surface area contributed by atoms with E-state index >= 15 is 0 Å². The number of thiophene rings is 1. The van der Waals surface area contributed by atoms with E-state index in [1.807, 2.05) is 19.1 Å². The minimum absolute atomic E-state index is 0.00203. The van der Waals surface area contributed by atoms with Crippen molar-refractivity contribution in [3.8, 4) is 0 Å². The van der Waals surface area contributed by atoms with Gasteiger partial charge in [-0.15, -0.1) is 11.3 Å². The van der Waals surface area contributed by atoms with Gasteiger partial charge in [0.15, 0.2) is 0 Å². The molecule has 6 heteroatoms. The molecule has 1 aromatic carbocycles. The molecule has 0 saturated carbocycles. The molecule has 1 aliphatic carbocycles. The number of amides is 1. The van der Waals surface area contributed by atoms with Gasteiger partial charge in [0, 0.05) is 16.0 Å². The molecule has 26 heavy (non-hydrogen) atoms. The Morgan fingerprint density at radius 1 is 1.23 bits per heavy atom. The van der Waals surface area contributed by atoms with Gasteiger partial charge in [-0.05, 0) is 56.7 Å². The lowest BCUT2D eigenvalue weighted by molar-refractivity contribution is -0.113. The maximum Gasteiger partial charge on any atom is 0.234 e. The summed E-state index contributed by atoms with van der Waals surface area (Å²) in [5.41, 5.74) is 4.57. The lowest BCUT2D eigenvalue weighted by Crippen LogP contribution is -2.15. The normalized spacial score (nSPS) is 13.6. The van der Waals surface area contributed by atoms with Crippen molar-refractivity contribution >= 4 is 44.9 Å². The first-order valence-electron chi connectivity index (χ1n) is 8.87. The first kappa shape index (κ1) is 17.5. The number of fused-ring (bicyclic) bond motifs is 3. The second kappa shape index (κ2) is 7.37. The quantitative estimate of drug-likeness (QED) is 0.513. The molecule has 0 unspecified atom stereocenters. The van der Waals surface area contributed by atoms with E-state index in [-0.39, 0.29) is 5.91 Å². The second-order valence-corrected chi connectivity index (χ2v) is 8.77. The summed E-state index contributed by atoms with van der Waals surface area (Å²) < 4.78 is 0. The number of aromatic nitrogens is 2. The van der Waals surface area contributed by atoms with Crippen LogP contribution in [0.2, 0.25) is 0 Å². The molecule has 134 valence electrons. The Bertz CT molecular complexity index is 981. The number of nitrogens with zero attached hydrogens (tertiary/aromatic N) is 2. The van der Waals surface area contributed by atoms with Gasteiger partial charge in [-0.3, -0.25) is 4.79 Å². The van der Waals surface area contributed by atoms with E-state index in [1.165, 1.54) is 46.0 Å². The Morgan fingerprint density at radius 2 is 2.08 bits per heavy atom. The van der Waals surface area contributed by atoms with Crippen LogP contribution >= 0.6 is 23.1 Å². The van der Waals surface area contributed by atoms with E-state index in [0.717, 1.165) is 33.9 Å². The average Bonchev–Trinajstić information content (AvgIpc) is 3.01. The van der Waals surface area contributed by atoms with Crippen LogP contribution in [0.3, 0.4) is 0 Å². The lowest BCUT2D eigenvalue weighted by Gasteiger charge is -2.12. The molecule has 0 saturated heterocycles. The van der Waals surface area contributed by atoms with Crippen LogP contribution < -0.4 is 5.32 Å². The van der Waals surface area contributed by atoms with Gasteiger partial charge in [0.1, 0.15) is 16.2 Å². The molecule has 2 heterocycles. The van der Waals surface area contributed by atoms with Crippen LogP contribution in [0.4, 0.5) is 5.69 Å². The molecular formula is C20H21N3OS2. The largest absolute Gasteiger partial charge is 0.325 e.